The van der Waals surface area contributed by atoms with Gasteiger partial charge in [-0.25, -0.2) is 14.2 Å². The molecule has 1 aromatic heterocycles. The molecule has 0 aliphatic heterocycles. The second-order valence-corrected chi connectivity index (χ2v) is 7.32. The van der Waals surface area contributed by atoms with Gasteiger partial charge in [0.2, 0.25) is 0 Å². The van der Waals surface area contributed by atoms with Crippen molar-refractivity contribution in [1.82, 2.24) is 4.57 Å². The Morgan fingerprint density at radius 1 is 1.18 bits per heavy atom. The molecule has 0 aliphatic carbocycles. The Morgan fingerprint density at radius 2 is 1.86 bits per heavy atom. The van der Waals surface area contributed by atoms with E-state index in [0.29, 0.717) is 17.9 Å². The van der Waals surface area contributed by atoms with Crippen LogP contribution in [0.1, 0.15) is 38.2 Å². The maximum Gasteiger partial charge on any atom is 0.419 e. The Bertz CT molecular complexity index is 864. The summed E-state index contributed by atoms with van der Waals surface area (Å²) in [5.41, 5.74) is -0.399. The molecule has 0 saturated heterocycles. The topological polar surface area (TPSA) is 107 Å². The van der Waals surface area contributed by atoms with Gasteiger partial charge in [-0.1, -0.05) is 0 Å². The van der Waals surface area contributed by atoms with Gasteiger partial charge in [-0.2, -0.15) is 0 Å². The van der Waals surface area contributed by atoms with E-state index in [1.807, 2.05) is 0 Å². The zero-order valence-electron chi connectivity index (χ0n) is 16.6. The van der Waals surface area contributed by atoms with Crippen molar-refractivity contribution in [2.75, 3.05) is 13.7 Å². The third-order valence-electron chi connectivity index (χ3n) is 3.60. The molecule has 2 N–H and O–H groups in total. The summed E-state index contributed by atoms with van der Waals surface area (Å²) in [6, 6.07) is 7.22. The van der Waals surface area contributed by atoms with Crippen LogP contribution in [0.2, 0.25) is 0 Å². The third kappa shape index (κ3) is 5.26. The molecule has 28 heavy (non-hydrogen) atoms. The molecular formula is C20H25NO7. The second kappa shape index (κ2) is 8.35. The standard InChI is InChI=1S/C20H25NO7/c1-12(11-26-5)27-15-9-13(8-14(22)10-15)16-6-7-17(18(23)24)21(16)19(25)28-20(2,3)4/h6-10,12,22H,11H2,1-5H3,(H,23,24)/t12-/m0/s1. The highest BCUT2D eigenvalue weighted by atomic mass is 16.6. The molecule has 0 aliphatic rings. The Hall–Kier alpha value is -3.00. The number of carboxylic acid groups (broad SMARTS) is 1. The predicted octanol–water partition coefficient (Wildman–Crippen LogP) is 3.76. The Labute approximate surface area is 163 Å². The van der Waals surface area contributed by atoms with E-state index < -0.39 is 17.7 Å². The van der Waals surface area contributed by atoms with E-state index in [9.17, 15) is 19.8 Å². The first-order valence-corrected chi connectivity index (χ1v) is 8.70. The zero-order chi connectivity index (χ0) is 21.1. The van der Waals surface area contributed by atoms with Crippen molar-refractivity contribution >= 4 is 12.1 Å². The van der Waals surface area contributed by atoms with Gasteiger partial charge in [0.1, 0.15) is 28.9 Å². The molecule has 1 atom stereocenters. The van der Waals surface area contributed by atoms with Crippen molar-refractivity contribution in [2.45, 2.75) is 39.4 Å². The number of benzene rings is 1. The van der Waals surface area contributed by atoms with E-state index in [2.05, 4.69) is 0 Å². The van der Waals surface area contributed by atoms with Gasteiger partial charge in [0, 0.05) is 18.7 Å². The Kier molecular flexibility index (Phi) is 6.35. The number of aromatic hydroxyl groups is 1. The summed E-state index contributed by atoms with van der Waals surface area (Å²) in [5.74, 6) is -1.01. The average Bonchev–Trinajstić information content (AvgIpc) is 2.98. The van der Waals surface area contributed by atoms with Gasteiger partial charge in [-0.15, -0.1) is 0 Å². The van der Waals surface area contributed by atoms with Gasteiger partial charge in [-0.3, -0.25) is 0 Å². The zero-order valence-corrected chi connectivity index (χ0v) is 16.6. The highest BCUT2D eigenvalue weighted by Gasteiger charge is 2.26. The van der Waals surface area contributed by atoms with Crippen molar-refractivity contribution in [1.29, 1.82) is 0 Å². The molecule has 0 radical (unpaired) electrons. The van der Waals surface area contributed by atoms with Crippen molar-refractivity contribution in [2.24, 2.45) is 0 Å². The van der Waals surface area contributed by atoms with Crippen molar-refractivity contribution in [3.05, 3.63) is 36.0 Å². The number of carbonyl (C=O) groups excluding carboxylic acids is 1. The van der Waals surface area contributed by atoms with Gasteiger partial charge >= 0.3 is 12.1 Å². The summed E-state index contributed by atoms with van der Waals surface area (Å²) in [6.07, 6.45) is -1.10. The van der Waals surface area contributed by atoms with E-state index in [4.69, 9.17) is 14.2 Å². The maximum absolute atomic E-state index is 12.6. The van der Waals surface area contributed by atoms with Crippen molar-refractivity contribution in [3.8, 4) is 22.8 Å². The lowest BCUT2D eigenvalue weighted by Crippen LogP contribution is -2.29. The maximum atomic E-state index is 12.6. The van der Waals surface area contributed by atoms with Gasteiger partial charge < -0.3 is 24.4 Å². The SMILES string of the molecule is COC[C@H](C)Oc1cc(O)cc(-c2ccc(C(=O)O)n2C(=O)OC(C)(C)C)c1. The molecule has 0 spiro atoms. The van der Waals surface area contributed by atoms with E-state index >= 15 is 0 Å². The first-order valence-electron chi connectivity index (χ1n) is 8.70. The van der Waals surface area contributed by atoms with Crippen LogP contribution in [0.5, 0.6) is 11.5 Å². The summed E-state index contributed by atoms with van der Waals surface area (Å²) >= 11 is 0. The first kappa shape index (κ1) is 21.3. The van der Waals surface area contributed by atoms with Gasteiger partial charge in [-0.05, 0) is 52.0 Å². The van der Waals surface area contributed by atoms with Crippen LogP contribution >= 0.6 is 0 Å². The van der Waals surface area contributed by atoms with Crippen LogP contribution < -0.4 is 4.74 Å². The molecule has 1 heterocycles. The number of phenolic OH excluding ortho intramolecular Hbond substituents is 1. The molecular weight excluding hydrogens is 366 g/mol. The smallest absolute Gasteiger partial charge is 0.419 e. The number of carbonyl (C=O) groups is 2. The summed E-state index contributed by atoms with van der Waals surface area (Å²) in [4.78, 5) is 24.2. The molecule has 0 saturated carbocycles. The lowest BCUT2D eigenvalue weighted by Gasteiger charge is -2.21. The van der Waals surface area contributed by atoms with Crippen LogP contribution in [0.4, 0.5) is 4.79 Å². The van der Waals surface area contributed by atoms with Crippen LogP contribution in [-0.2, 0) is 9.47 Å². The minimum Gasteiger partial charge on any atom is -0.508 e. The molecule has 1 aromatic carbocycles. The van der Waals surface area contributed by atoms with Crippen LogP contribution in [0.15, 0.2) is 30.3 Å². The number of phenols is 1. The number of hydrogen-bond donors (Lipinski definition) is 2. The highest BCUT2D eigenvalue weighted by Crippen LogP contribution is 2.32. The molecule has 0 bridgehead atoms. The van der Waals surface area contributed by atoms with Crippen LogP contribution in [0.3, 0.4) is 0 Å². The largest absolute Gasteiger partial charge is 0.508 e. The first-order chi connectivity index (χ1) is 13.0. The summed E-state index contributed by atoms with van der Waals surface area (Å²) < 4.78 is 17.0. The normalized spacial score (nSPS) is 12.5. The summed E-state index contributed by atoms with van der Waals surface area (Å²) in [5, 5.41) is 19.5. The monoisotopic (exact) mass is 391 g/mol. The van der Waals surface area contributed by atoms with E-state index in [-0.39, 0.29) is 23.2 Å². The number of aromatic carboxylic acids is 1. The highest BCUT2D eigenvalue weighted by molar-refractivity contribution is 5.94. The third-order valence-corrected chi connectivity index (χ3v) is 3.60. The number of methoxy groups -OCH3 is 1. The molecule has 152 valence electrons. The minimum atomic E-state index is -1.28. The predicted molar refractivity (Wildman–Crippen MR) is 102 cm³/mol. The lowest BCUT2D eigenvalue weighted by atomic mass is 10.1. The fraction of sp³-hybridized carbons (Fsp3) is 0.400. The van der Waals surface area contributed by atoms with Crippen LogP contribution in [0, 0.1) is 0 Å². The Morgan fingerprint density at radius 3 is 2.43 bits per heavy atom. The summed E-state index contributed by atoms with van der Waals surface area (Å²) in [6.45, 7) is 7.21. The average molecular weight is 391 g/mol. The number of aromatic nitrogens is 1. The van der Waals surface area contributed by atoms with Crippen LogP contribution in [-0.4, -0.2) is 52.3 Å². The van der Waals surface area contributed by atoms with E-state index in [0.717, 1.165) is 4.57 Å². The number of ether oxygens (including phenoxy) is 3. The lowest BCUT2D eigenvalue weighted by molar-refractivity contribution is 0.0508. The summed E-state index contributed by atoms with van der Waals surface area (Å²) in [7, 11) is 1.55. The number of nitrogens with zero attached hydrogens (tertiary/aromatic N) is 1. The number of hydrogen-bond acceptors (Lipinski definition) is 6. The molecule has 0 unspecified atom stereocenters. The van der Waals surface area contributed by atoms with Crippen molar-refractivity contribution < 1.29 is 34.0 Å². The van der Waals surface area contributed by atoms with Crippen LogP contribution in [0.25, 0.3) is 11.3 Å². The molecule has 2 aromatic rings. The fourth-order valence-corrected chi connectivity index (χ4v) is 2.63. The number of carboxylic acids is 1. The molecule has 0 fully saturated rings. The van der Waals surface area contributed by atoms with Gasteiger partial charge in [0.05, 0.1) is 12.3 Å². The minimum absolute atomic E-state index is 0.0917. The quantitative estimate of drug-likeness (QED) is 0.772. The van der Waals surface area contributed by atoms with Gasteiger partial charge in [0.25, 0.3) is 0 Å². The van der Waals surface area contributed by atoms with Crippen molar-refractivity contribution in [3.63, 3.8) is 0 Å². The molecule has 2 rings (SSSR count). The Balaban J connectivity index is 2.51. The molecule has 0 amide bonds. The second-order valence-electron chi connectivity index (χ2n) is 7.32. The van der Waals surface area contributed by atoms with E-state index in [1.165, 1.54) is 24.3 Å². The number of rotatable bonds is 6. The van der Waals surface area contributed by atoms with E-state index in [1.54, 1.807) is 40.9 Å². The molecule has 8 heteroatoms. The molecule has 8 nitrogen and oxygen atoms in total. The van der Waals surface area contributed by atoms with Gasteiger partial charge in [0.15, 0.2) is 0 Å². The fourth-order valence-electron chi connectivity index (χ4n) is 2.63.